The Balaban J connectivity index is 1.62. The van der Waals surface area contributed by atoms with Gasteiger partial charge in [-0.2, -0.15) is 0 Å². The molecule has 0 saturated heterocycles. The van der Waals surface area contributed by atoms with Gasteiger partial charge in [-0.15, -0.1) is 0 Å². The standard InChI is InChI=1S/C15H18N2O2S/c1-10-3-4-14-11(5-10)6-13(19-14)9-20-15-16-7-12(8-18)17(15)2/h3-5,7,13,18H,6,8-9H2,1-2H3. The van der Waals surface area contributed by atoms with E-state index in [0.29, 0.717) is 0 Å². The van der Waals surface area contributed by atoms with Gasteiger partial charge in [-0.05, 0) is 18.6 Å². The van der Waals surface area contributed by atoms with Gasteiger partial charge in [0, 0.05) is 19.2 Å². The Morgan fingerprint density at radius 3 is 3.10 bits per heavy atom. The fraction of sp³-hybridized carbons (Fsp3) is 0.400. The molecule has 0 aliphatic carbocycles. The molecule has 0 radical (unpaired) electrons. The molecule has 0 spiro atoms. The van der Waals surface area contributed by atoms with E-state index in [2.05, 4.69) is 30.1 Å². The van der Waals surface area contributed by atoms with E-state index in [9.17, 15) is 0 Å². The van der Waals surface area contributed by atoms with Gasteiger partial charge in [0.2, 0.25) is 0 Å². The molecular formula is C15H18N2O2S. The third kappa shape index (κ3) is 2.55. The van der Waals surface area contributed by atoms with Crippen molar-refractivity contribution in [1.82, 2.24) is 9.55 Å². The van der Waals surface area contributed by atoms with Crippen LogP contribution in [0.4, 0.5) is 0 Å². The number of aliphatic hydroxyl groups excluding tert-OH is 1. The highest BCUT2D eigenvalue weighted by atomic mass is 32.2. The molecular weight excluding hydrogens is 272 g/mol. The van der Waals surface area contributed by atoms with E-state index in [1.165, 1.54) is 11.1 Å². The zero-order chi connectivity index (χ0) is 14.1. The number of imidazole rings is 1. The van der Waals surface area contributed by atoms with Crippen molar-refractivity contribution in [2.24, 2.45) is 7.05 Å². The van der Waals surface area contributed by atoms with Crippen LogP contribution in [0.15, 0.2) is 29.6 Å². The highest BCUT2D eigenvalue weighted by Crippen LogP contribution is 2.31. The first-order valence-corrected chi connectivity index (χ1v) is 7.66. The maximum atomic E-state index is 9.16. The molecule has 3 rings (SSSR count). The van der Waals surface area contributed by atoms with E-state index in [-0.39, 0.29) is 12.7 Å². The zero-order valence-corrected chi connectivity index (χ0v) is 12.5. The van der Waals surface area contributed by atoms with Gasteiger partial charge in [0.25, 0.3) is 0 Å². The summed E-state index contributed by atoms with van der Waals surface area (Å²) in [7, 11) is 1.93. The molecule has 1 aliphatic heterocycles. The second kappa shape index (κ2) is 5.50. The van der Waals surface area contributed by atoms with Crippen molar-refractivity contribution in [3.05, 3.63) is 41.2 Å². The van der Waals surface area contributed by atoms with E-state index >= 15 is 0 Å². The molecule has 2 aromatic rings. The minimum atomic E-state index is 0.0225. The van der Waals surface area contributed by atoms with Crippen LogP contribution in [-0.2, 0) is 20.1 Å². The first kappa shape index (κ1) is 13.5. The molecule has 1 N–H and O–H groups in total. The van der Waals surface area contributed by atoms with Crippen molar-refractivity contribution < 1.29 is 9.84 Å². The summed E-state index contributed by atoms with van der Waals surface area (Å²) in [5.74, 6) is 1.88. The van der Waals surface area contributed by atoms with E-state index in [0.717, 1.165) is 28.8 Å². The molecule has 1 aromatic heterocycles. The lowest BCUT2D eigenvalue weighted by molar-refractivity contribution is 0.259. The average molecular weight is 290 g/mol. The van der Waals surface area contributed by atoms with E-state index in [1.807, 2.05) is 11.6 Å². The average Bonchev–Trinajstić information content (AvgIpc) is 2.99. The Morgan fingerprint density at radius 2 is 2.35 bits per heavy atom. The van der Waals surface area contributed by atoms with E-state index in [1.54, 1.807) is 18.0 Å². The van der Waals surface area contributed by atoms with Crippen LogP contribution in [0, 0.1) is 6.92 Å². The topological polar surface area (TPSA) is 47.3 Å². The van der Waals surface area contributed by atoms with Crippen molar-refractivity contribution in [1.29, 1.82) is 0 Å². The summed E-state index contributed by atoms with van der Waals surface area (Å²) >= 11 is 1.67. The summed E-state index contributed by atoms with van der Waals surface area (Å²) in [6.45, 7) is 2.13. The monoisotopic (exact) mass is 290 g/mol. The van der Waals surface area contributed by atoms with Crippen molar-refractivity contribution in [2.45, 2.75) is 31.2 Å². The number of thioether (sulfide) groups is 1. The Labute approximate surface area is 122 Å². The second-order valence-electron chi connectivity index (χ2n) is 5.12. The number of rotatable bonds is 4. The predicted octanol–water partition coefficient (Wildman–Crippen LogP) is 2.32. The van der Waals surface area contributed by atoms with Gasteiger partial charge in [0.1, 0.15) is 11.9 Å². The molecule has 5 heteroatoms. The summed E-state index contributed by atoms with van der Waals surface area (Å²) in [4.78, 5) is 4.32. The van der Waals surface area contributed by atoms with Crippen LogP contribution >= 0.6 is 11.8 Å². The molecule has 0 bridgehead atoms. The van der Waals surface area contributed by atoms with Gasteiger partial charge < -0.3 is 14.4 Å². The fourth-order valence-electron chi connectivity index (χ4n) is 2.42. The zero-order valence-electron chi connectivity index (χ0n) is 11.7. The van der Waals surface area contributed by atoms with Crippen LogP contribution < -0.4 is 4.74 Å². The highest BCUT2D eigenvalue weighted by Gasteiger charge is 2.23. The lowest BCUT2D eigenvalue weighted by Gasteiger charge is -2.10. The molecule has 0 amide bonds. The molecule has 1 unspecified atom stereocenters. The third-order valence-corrected chi connectivity index (χ3v) is 4.74. The summed E-state index contributed by atoms with van der Waals surface area (Å²) in [5.41, 5.74) is 3.41. The highest BCUT2D eigenvalue weighted by molar-refractivity contribution is 7.99. The number of aliphatic hydroxyl groups is 1. The maximum Gasteiger partial charge on any atom is 0.168 e. The van der Waals surface area contributed by atoms with Crippen molar-refractivity contribution in [3.63, 3.8) is 0 Å². The van der Waals surface area contributed by atoms with Gasteiger partial charge in [0.15, 0.2) is 5.16 Å². The van der Waals surface area contributed by atoms with Crippen LogP contribution in [0.2, 0.25) is 0 Å². The number of aromatic nitrogens is 2. The number of nitrogens with zero attached hydrogens (tertiary/aromatic N) is 2. The third-order valence-electron chi connectivity index (χ3n) is 3.56. The first-order valence-electron chi connectivity index (χ1n) is 6.68. The largest absolute Gasteiger partial charge is 0.489 e. The molecule has 20 heavy (non-hydrogen) atoms. The molecule has 1 atom stereocenters. The minimum absolute atomic E-state index is 0.0225. The maximum absolute atomic E-state index is 9.16. The minimum Gasteiger partial charge on any atom is -0.489 e. The van der Waals surface area contributed by atoms with Crippen molar-refractivity contribution >= 4 is 11.8 Å². The van der Waals surface area contributed by atoms with Crippen molar-refractivity contribution in [3.8, 4) is 5.75 Å². The molecule has 1 aromatic carbocycles. The quantitative estimate of drug-likeness (QED) is 0.878. The van der Waals surface area contributed by atoms with Gasteiger partial charge in [-0.3, -0.25) is 0 Å². The smallest absolute Gasteiger partial charge is 0.168 e. The normalized spacial score (nSPS) is 17.1. The van der Waals surface area contributed by atoms with Gasteiger partial charge >= 0.3 is 0 Å². The van der Waals surface area contributed by atoms with E-state index < -0.39 is 0 Å². The lowest BCUT2D eigenvalue weighted by atomic mass is 10.1. The number of hydrogen-bond donors (Lipinski definition) is 1. The van der Waals surface area contributed by atoms with Gasteiger partial charge in [0.05, 0.1) is 18.5 Å². The van der Waals surface area contributed by atoms with Crippen LogP contribution in [0.5, 0.6) is 5.75 Å². The van der Waals surface area contributed by atoms with Gasteiger partial charge in [-0.25, -0.2) is 4.98 Å². The van der Waals surface area contributed by atoms with Crippen LogP contribution in [0.3, 0.4) is 0 Å². The molecule has 0 saturated carbocycles. The summed E-state index contributed by atoms with van der Waals surface area (Å²) < 4.78 is 7.88. The lowest BCUT2D eigenvalue weighted by Crippen LogP contribution is -2.16. The first-order chi connectivity index (χ1) is 9.67. The predicted molar refractivity (Wildman–Crippen MR) is 79.2 cm³/mol. The summed E-state index contributed by atoms with van der Waals surface area (Å²) in [6.07, 6.45) is 2.88. The van der Waals surface area contributed by atoms with E-state index in [4.69, 9.17) is 9.84 Å². The van der Waals surface area contributed by atoms with Gasteiger partial charge in [-0.1, -0.05) is 29.5 Å². The summed E-state index contributed by atoms with van der Waals surface area (Å²) in [5, 5.41) is 10.1. The van der Waals surface area contributed by atoms with Crippen LogP contribution in [0.25, 0.3) is 0 Å². The summed E-state index contributed by atoms with van der Waals surface area (Å²) in [6, 6.07) is 6.34. The SMILES string of the molecule is Cc1ccc2c(c1)CC(CSc1ncc(CO)n1C)O2. The number of aryl methyl sites for hydroxylation is 1. The van der Waals surface area contributed by atoms with Crippen LogP contribution in [0.1, 0.15) is 16.8 Å². The Hall–Kier alpha value is -1.46. The number of ether oxygens (including phenoxy) is 1. The molecule has 4 nitrogen and oxygen atoms in total. The Bertz CT molecular complexity index is 624. The number of benzene rings is 1. The Morgan fingerprint density at radius 1 is 1.50 bits per heavy atom. The number of fused-ring (bicyclic) bond motifs is 1. The van der Waals surface area contributed by atoms with Crippen molar-refractivity contribution in [2.75, 3.05) is 5.75 Å². The molecule has 1 aliphatic rings. The molecule has 0 fully saturated rings. The molecule has 106 valence electrons. The number of hydrogen-bond acceptors (Lipinski definition) is 4. The van der Waals surface area contributed by atoms with Crippen LogP contribution in [-0.4, -0.2) is 26.5 Å². The Kier molecular flexibility index (Phi) is 3.72. The molecule has 2 heterocycles. The fourth-order valence-corrected chi connectivity index (χ4v) is 3.38. The second-order valence-corrected chi connectivity index (χ2v) is 6.10.